The van der Waals surface area contributed by atoms with Crippen LogP contribution in [0.5, 0.6) is 5.75 Å². The van der Waals surface area contributed by atoms with Gasteiger partial charge in [-0.2, -0.15) is 0 Å². The van der Waals surface area contributed by atoms with Gasteiger partial charge < -0.3 is 5.11 Å². The summed E-state index contributed by atoms with van der Waals surface area (Å²) in [6, 6.07) is 6.77. The Bertz CT molecular complexity index is 699. The summed E-state index contributed by atoms with van der Waals surface area (Å²) in [6.45, 7) is 0. The maximum atomic E-state index is 13.6. The number of phenols is 1. The zero-order valence-electron chi connectivity index (χ0n) is 9.89. The van der Waals surface area contributed by atoms with Crippen LogP contribution in [-0.2, 0) is 9.84 Å². The lowest BCUT2D eigenvalue weighted by molar-refractivity contribution is 0.461. The van der Waals surface area contributed by atoms with Crippen LogP contribution in [-0.4, -0.2) is 19.8 Å². The lowest BCUT2D eigenvalue weighted by Gasteiger charge is -2.07. The Hall–Kier alpha value is -1.95. The molecule has 0 aliphatic carbocycles. The topological polar surface area (TPSA) is 54.4 Å². The number of benzene rings is 2. The molecule has 2 rings (SSSR count). The molecule has 2 aromatic rings. The van der Waals surface area contributed by atoms with Gasteiger partial charge in [-0.15, -0.1) is 0 Å². The van der Waals surface area contributed by atoms with Crippen molar-refractivity contribution in [2.45, 2.75) is 4.90 Å². The highest BCUT2D eigenvalue weighted by molar-refractivity contribution is 7.90. The highest BCUT2D eigenvalue weighted by Gasteiger charge is 2.14. The fraction of sp³-hybridized carbons (Fsp3) is 0.0769. The van der Waals surface area contributed by atoms with Crippen LogP contribution in [0.3, 0.4) is 0 Å². The van der Waals surface area contributed by atoms with Gasteiger partial charge in [0.15, 0.2) is 9.84 Å². The molecule has 0 saturated heterocycles. The van der Waals surface area contributed by atoms with E-state index in [0.29, 0.717) is 0 Å². The van der Waals surface area contributed by atoms with Crippen molar-refractivity contribution in [1.29, 1.82) is 0 Å². The molecule has 0 unspecified atom stereocenters. The Labute approximate surface area is 109 Å². The monoisotopic (exact) mass is 284 g/mol. The molecular formula is C13H10F2O3S. The first-order valence-corrected chi connectivity index (χ1v) is 7.16. The Morgan fingerprint density at radius 2 is 1.47 bits per heavy atom. The van der Waals surface area contributed by atoms with Crippen molar-refractivity contribution in [2.24, 2.45) is 0 Å². The number of halogens is 2. The predicted molar refractivity (Wildman–Crippen MR) is 66.6 cm³/mol. The smallest absolute Gasteiger partial charge is 0.175 e. The lowest BCUT2D eigenvalue weighted by Crippen LogP contribution is -1.97. The van der Waals surface area contributed by atoms with Crippen molar-refractivity contribution in [2.75, 3.05) is 6.26 Å². The normalized spacial score (nSPS) is 11.5. The molecule has 0 saturated carbocycles. The third kappa shape index (κ3) is 2.73. The van der Waals surface area contributed by atoms with E-state index in [2.05, 4.69) is 0 Å². The van der Waals surface area contributed by atoms with E-state index in [9.17, 15) is 17.2 Å². The standard InChI is InChI=1S/C13H10F2O3S/c1-19(17,18)10-4-2-8(3-5-10)13-11(14)6-9(16)7-12(13)15/h2-7,16H,1H3. The Morgan fingerprint density at radius 3 is 1.89 bits per heavy atom. The zero-order chi connectivity index (χ0) is 14.2. The van der Waals surface area contributed by atoms with E-state index in [1.54, 1.807) is 0 Å². The zero-order valence-corrected chi connectivity index (χ0v) is 10.7. The Balaban J connectivity index is 2.55. The van der Waals surface area contributed by atoms with Gasteiger partial charge in [0.05, 0.1) is 10.5 Å². The SMILES string of the molecule is CS(=O)(=O)c1ccc(-c2c(F)cc(O)cc2F)cc1. The molecule has 100 valence electrons. The van der Waals surface area contributed by atoms with E-state index < -0.39 is 27.2 Å². The second-order valence-electron chi connectivity index (χ2n) is 4.08. The molecule has 0 aliphatic rings. The van der Waals surface area contributed by atoms with Gasteiger partial charge in [-0.1, -0.05) is 12.1 Å². The van der Waals surface area contributed by atoms with Crippen LogP contribution in [0.15, 0.2) is 41.3 Å². The molecule has 2 aromatic carbocycles. The highest BCUT2D eigenvalue weighted by atomic mass is 32.2. The van der Waals surface area contributed by atoms with E-state index in [-0.39, 0.29) is 16.0 Å². The van der Waals surface area contributed by atoms with Crippen LogP contribution in [0.1, 0.15) is 0 Å². The summed E-state index contributed by atoms with van der Waals surface area (Å²) in [6.07, 6.45) is 1.05. The molecule has 0 fully saturated rings. The second kappa shape index (κ2) is 4.62. The molecular weight excluding hydrogens is 274 g/mol. The van der Waals surface area contributed by atoms with E-state index in [4.69, 9.17) is 5.11 Å². The minimum absolute atomic E-state index is 0.0656. The van der Waals surface area contributed by atoms with E-state index in [1.165, 1.54) is 24.3 Å². The van der Waals surface area contributed by atoms with E-state index >= 15 is 0 Å². The number of aromatic hydroxyl groups is 1. The maximum absolute atomic E-state index is 13.6. The lowest BCUT2D eigenvalue weighted by atomic mass is 10.0. The first-order valence-electron chi connectivity index (χ1n) is 5.27. The summed E-state index contributed by atoms with van der Waals surface area (Å²) in [5.74, 6) is -2.33. The number of sulfone groups is 1. The van der Waals surface area contributed by atoms with Crippen LogP contribution >= 0.6 is 0 Å². The molecule has 0 aromatic heterocycles. The molecule has 1 N–H and O–H groups in total. The number of phenolic OH excluding ortho intramolecular Hbond substituents is 1. The molecule has 3 nitrogen and oxygen atoms in total. The maximum Gasteiger partial charge on any atom is 0.175 e. The molecule has 0 amide bonds. The molecule has 0 bridgehead atoms. The van der Waals surface area contributed by atoms with Crippen molar-refractivity contribution < 1.29 is 22.3 Å². The number of hydrogen-bond donors (Lipinski definition) is 1. The number of rotatable bonds is 2. The van der Waals surface area contributed by atoms with E-state index in [1.807, 2.05) is 0 Å². The second-order valence-corrected chi connectivity index (χ2v) is 6.10. The van der Waals surface area contributed by atoms with Crippen LogP contribution in [0.25, 0.3) is 11.1 Å². The fourth-order valence-corrected chi connectivity index (χ4v) is 2.33. The molecule has 6 heteroatoms. The average Bonchev–Trinajstić information content (AvgIpc) is 2.27. The first-order chi connectivity index (χ1) is 8.79. The summed E-state index contributed by atoms with van der Waals surface area (Å²) in [5, 5.41) is 9.06. The number of hydrogen-bond acceptors (Lipinski definition) is 3. The summed E-state index contributed by atoms with van der Waals surface area (Å²) in [4.78, 5) is 0.0656. The van der Waals surface area contributed by atoms with Crippen molar-refractivity contribution in [3.63, 3.8) is 0 Å². The quantitative estimate of drug-likeness (QED) is 0.922. The van der Waals surface area contributed by atoms with Gasteiger partial charge in [-0.3, -0.25) is 0 Å². The van der Waals surface area contributed by atoms with E-state index in [0.717, 1.165) is 18.4 Å². The fourth-order valence-electron chi connectivity index (χ4n) is 1.70. The molecule has 0 spiro atoms. The molecule has 0 atom stereocenters. The Kier molecular flexibility index (Phi) is 3.28. The van der Waals surface area contributed by atoms with Crippen LogP contribution < -0.4 is 0 Å². The van der Waals surface area contributed by atoms with Gasteiger partial charge in [-0.25, -0.2) is 17.2 Å². The van der Waals surface area contributed by atoms with Crippen molar-refractivity contribution in [3.8, 4) is 16.9 Å². The molecule has 0 radical (unpaired) electrons. The van der Waals surface area contributed by atoms with Gasteiger partial charge in [0.2, 0.25) is 0 Å². The van der Waals surface area contributed by atoms with Crippen molar-refractivity contribution in [3.05, 3.63) is 48.0 Å². The van der Waals surface area contributed by atoms with Crippen molar-refractivity contribution in [1.82, 2.24) is 0 Å². The molecule has 0 aliphatic heterocycles. The van der Waals surface area contributed by atoms with Crippen molar-refractivity contribution >= 4 is 9.84 Å². The third-order valence-electron chi connectivity index (χ3n) is 2.60. The van der Waals surface area contributed by atoms with Gasteiger partial charge in [-0.05, 0) is 17.7 Å². The average molecular weight is 284 g/mol. The summed E-state index contributed by atoms with van der Waals surface area (Å²) in [7, 11) is -3.36. The van der Waals surface area contributed by atoms with Gasteiger partial charge in [0.1, 0.15) is 17.4 Å². The summed E-state index contributed by atoms with van der Waals surface area (Å²) >= 11 is 0. The molecule has 19 heavy (non-hydrogen) atoms. The summed E-state index contributed by atoms with van der Waals surface area (Å²) in [5.41, 5.74) is -0.111. The first kappa shape index (κ1) is 13.5. The Morgan fingerprint density at radius 1 is 1.00 bits per heavy atom. The third-order valence-corrected chi connectivity index (χ3v) is 3.73. The minimum atomic E-state index is -3.36. The van der Waals surface area contributed by atoms with Gasteiger partial charge >= 0.3 is 0 Å². The molecule has 0 heterocycles. The van der Waals surface area contributed by atoms with Crippen LogP contribution in [0.4, 0.5) is 8.78 Å². The van der Waals surface area contributed by atoms with Crippen LogP contribution in [0.2, 0.25) is 0 Å². The largest absolute Gasteiger partial charge is 0.508 e. The van der Waals surface area contributed by atoms with Gasteiger partial charge in [0.25, 0.3) is 0 Å². The minimum Gasteiger partial charge on any atom is -0.508 e. The predicted octanol–water partition coefficient (Wildman–Crippen LogP) is 2.74. The summed E-state index contributed by atoms with van der Waals surface area (Å²) < 4.78 is 49.8. The van der Waals surface area contributed by atoms with Gasteiger partial charge in [0, 0.05) is 18.4 Å². The van der Waals surface area contributed by atoms with Crippen LogP contribution in [0, 0.1) is 11.6 Å². The highest BCUT2D eigenvalue weighted by Crippen LogP contribution is 2.29.